The van der Waals surface area contributed by atoms with Gasteiger partial charge in [-0.3, -0.25) is 9.59 Å². The molecule has 3 rings (SSSR count). The number of fused-ring (bicyclic) bond motifs is 1. The van der Waals surface area contributed by atoms with Gasteiger partial charge in [0.05, 0.1) is 23.7 Å². The van der Waals surface area contributed by atoms with Crippen molar-refractivity contribution < 1.29 is 9.21 Å². The molecule has 0 bridgehead atoms. The number of furan rings is 1. The summed E-state index contributed by atoms with van der Waals surface area (Å²) in [6, 6.07) is 10.5. The molecule has 3 aromatic rings. The topological polar surface area (TPSA) is 79.2 Å². The van der Waals surface area contributed by atoms with Crippen LogP contribution in [0.2, 0.25) is 0 Å². The first kappa shape index (κ1) is 17.0. The Kier molecular flexibility index (Phi) is 4.70. The van der Waals surface area contributed by atoms with Crippen LogP contribution in [-0.4, -0.2) is 26.8 Å². The van der Waals surface area contributed by atoms with Crippen molar-refractivity contribution in [2.75, 3.05) is 0 Å². The molecule has 0 saturated heterocycles. The summed E-state index contributed by atoms with van der Waals surface area (Å²) in [5.41, 5.74) is 0.189. The molecule has 0 fully saturated rings. The zero-order valence-corrected chi connectivity index (χ0v) is 14.5. The predicted octanol–water partition coefficient (Wildman–Crippen LogP) is 3.20. The van der Waals surface area contributed by atoms with Crippen molar-refractivity contribution >= 4 is 16.8 Å². The molecule has 6 heteroatoms. The fraction of sp³-hybridized carbons (Fsp3) is 0.316. The minimum absolute atomic E-state index is 0.0442. The molecular weight excluding hydrogens is 318 g/mol. The summed E-state index contributed by atoms with van der Waals surface area (Å²) in [4.78, 5) is 34.0. The van der Waals surface area contributed by atoms with Crippen molar-refractivity contribution in [1.82, 2.24) is 14.9 Å². The van der Waals surface area contributed by atoms with Crippen LogP contribution in [0, 0.1) is 5.92 Å². The van der Waals surface area contributed by atoms with Crippen LogP contribution in [-0.2, 0) is 6.54 Å². The van der Waals surface area contributed by atoms with E-state index < -0.39 is 0 Å². The molecule has 2 aromatic heterocycles. The Labute approximate surface area is 145 Å². The molecule has 0 spiro atoms. The van der Waals surface area contributed by atoms with Gasteiger partial charge in [-0.25, -0.2) is 4.98 Å². The number of aromatic nitrogens is 2. The molecule has 0 radical (unpaired) electrons. The SMILES string of the molecule is CC(C)C(C)N(Cc1ccco1)C(=O)c1nc2ccccc2c(=O)[nH]1. The van der Waals surface area contributed by atoms with E-state index in [0.29, 0.717) is 23.2 Å². The molecule has 0 saturated carbocycles. The van der Waals surface area contributed by atoms with Crippen molar-refractivity contribution in [1.29, 1.82) is 0 Å². The van der Waals surface area contributed by atoms with E-state index in [0.717, 1.165) is 0 Å². The number of benzene rings is 1. The standard InChI is InChI=1S/C19H21N3O3/c1-12(2)13(3)22(11-14-7-6-10-25-14)19(24)17-20-16-9-5-4-8-15(16)18(23)21-17/h4-10,12-13H,11H2,1-3H3,(H,20,21,23). The van der Waals surface area contributed by atoms with Crippen LogP contribution in [0.4, 0.5) is 0 Å². The van der Waals surface area contributed by atoms with Gasteiger partial charge in [0.25, 0.3) is 11.5 Å². The maximum atomic E-state index is 13.1. The van der Waals surface area contributed by atoms with Crippen LogP contribution < -0.4 is 5.56 Å². The van der Waals surface area contributed by atoms with E-state index in [1.54, 1.807) is 41.5 Å². The van der Waals surface area contributed by atoms with Crippen molar-refractivity contribution in [2.24, 2.45) is 5.92 Å². The summed E-state index contributed by atoms with van der Waals surface area (Å²) in [6.07, 6.45) is 1.58. The van der Waals surface area contributed by atoms with Crippen LogP contribution in [0.25, 0.3) is 10.9 Å². The van der Waals surface area contributed by atoms with Crippen molar-refractivity contribution in [3.8, 4) is 0 Å². The highest BCUT2D eigenvalue weighted by atomic mass is 16.3. The number of amides is 1. The smallest absolute Gasteiger partial charge is 0.290 e. The summed E-state index contributed by atoms with van der Waals surface area (Å²) in [5, 5.41) is 0.466. The largest absolute Gasteiger partial charge is 0.467 e. The van der Waals surface area contributed by atoms with Gasteiger partial charge in [-0.2, -0.15) is 0 Å². The summed E-state index contributed by atoms with van der Waals surface area (Å²) >= 11 is 0. The molecule has 1 N–H and O–H groups in total. The Morgan fingerprint density at radius 2 is 1.96 bits per heavy atom. The first-order valence-corrected chi connectivity index (χ1v) is 8.29. The highest BCUT2D eigenvalue weighted by Gasteiger charge is 2.26. The summed E-state index contributed by atoms with van der Waals surface area (Å²) in [7, 11) is 0. The lowest BCUT2D eigenvalue weighted by Crippen LogP contribution is -2.42. The molecule has 1 unspecified atom stereocenters. The first-order chi connectivity index (χ1) is 12.0. The molecule has 2 heterocycles. The monoisotopic (exact) mass is 339 g/mol. The second-order valence-corrected chi connectivity index (χ2v) is 6.43. The number of nitrogens with zero attached hydrogens (tertiary/aromatic N) is 2. The second-order valence-electron chi connectivity index (χ2n) is 6.43. The lowest BCUT2D eigenvalue weighted by atomic mass is 10.0. The average Bonchev–Trinajstić information content (AvgIpc) is 3.11. The van der Waals surface area contributed by atoms with Crippen LogP contribution in [0.3, 0.4) is 0 Å². The van der Waals surface area contributed by atoms with E-state index in [1.807, 2.05) is 26.8 Å². The van der Waals surface area contributed by atoms with Gasteiger partial charge in [0, 0.05) is 6.04 Å². The summed E-state index contributed by atoms with van der Waals surface area (Å²) in [5.74, 6) is 0.651. The maximum absolute atomic E-state index is 13.1. The summed E-state index contributed by atoms with van der Waals surface area (Å²) < 4.78 is 5.39. The molecule has 0 aliphatic heterocycles. The quantitative estimate of drug-likeness (QED) is 0.774. The van der Waals surface area contributed by atoms with Gasteiger partial charge in [-0.15, -0.1) is 0 Å². The minimum atomic E-state index is -0.319. The molecule has 0 aliphatic carbocycles. The zero-order chi connectivity index (χ0) is 18.0. The van der Waals surface area contributed by atoms with Crippen molar-refractivity contribution in [3.63, 3.8) is 0 Å². The van der Waals surface area contributed by atoms with Gasteiger partial charge in [-0.1, -0.05) is 26.0 Å². The number of hydrogen-bond donors (Lipinski definition) is 1. The average molecular weight is 339 g/mol. The van der Waals surface area contributed by atoms with Crippen LogP contribution in [0.1, 0.15) is 37.2 Å². The Balaban J connectivity index is 2.00. The fourth-order valence-electron chi connectivity index (χ4n) is 2.65. The first-order valence-electron chi connectivity index (χ1n) is 8.29. The van der Waals surface area contributed by atoms with Crippen LogP contribution >= 0.6 is 0 Å². The normalized spacial score (nSPS) is 12.5. The molecule has 1 amide bonds. The third-order valence-corrected chi connectivity index (χ3v) is 4.44. The third-order valence-electron chi connectivity index (χ3n) is 4.44. The Bertz CT molecular complexity index is 928. The van der Waals surface area contributed by atoms with E-state index in [-0.39, 0.29) is 29.3 Å². The number of aromatic amines is 1. The van der Waals surface area contributed by atoms with Crippen molar-refractivity contribution in [2.45, 2.75) is 33.4 Å². The number of hydrogen-bond acceptors (Lipinski definition) is 4. The van der Waals surface area contributed by atoms with Crippen LogP contribution in [0.15, 0.2) is 51.9 Å². The molecule has 1 aromatic carbocycles. The Morgan fingerprint density at radius 3 is 2.64 bits per heavy atom. The van der Waals surface area contributed by atoms with E-state index in [1.165, 1.54) is 0 Å². The predicted molar refractivity (Wildman–Crippen MR) is 95.2 cm³/mol. The fourth-order valence-corrected chi connectivity index (χ4v) is 2.65. The van der Waals surface area contributed by atoms with Gasteiger partial charge in [-0.05, 0) is 37.1 Å². The third kappa shape index (κ3) is 3.47. The molecule has 0 aliphatic rings. The number of nitrogens with one attached hydrogen (secondary N) is 1. The lowest BCUT2D eigenvalue weighted by Gasteiger charge is -2.30. The number of para-hydroxylation sites is 1. The van der Waals surface area contributed by atoms with Gasteiger partial charge < -0.3 is 14.3 Å². The maximum Gasteiger partial charge on any atom is 0.290 e. The number of carbonyl (C=O) groups is 1. The van der Waals surface area contributed by atoms with Gasteiger partial charge in [0.1, 0.15) is 5.76 Å². The molecule has 1 atom stereocenters. The molecule has 130 valence electrons. The van der Waals surface area contributed by atoms with Gasteiger partial charge in [0.15, 0.2) is 5.82 Å². The highest BCUT2D eigenvalue weighted by Crippen LogP contribution is 2.17. The van der Waals surface area contributed by atoms with E-state index >= 15 is 0 Å². The Hall–Kier alpha value is -2.89. The lowest BCUT2D eigenvalue weighted by molar-refractivity contribution is 0.0598. The molecule has 25 heavy (non-hydrogen) atoms. The number of H-pyrrole nitrogens is 1. The number of carbonyl (C=O) groups excluding carboxylic acids is 1. The van der Waals surface area contributed by atoms with Crippen molar-refractivity contribution in [3.05, 3.63) is 64.6 Å². The number of rotatable bonds is 5. The highest BCUT2D eigenvalue weighted by molar-refractivity contribution is 5.92. The van der Waals surface area contributed by atoms with E-state index in [2.05, 4.69) is 9.97 Å². The van der Waals surface area contributed by atoms with Gasteiger partial charge >= 0.3 is 0 Å². The Morgan fingerprint density at radius 1 is 1.20 bits per heavy atom. The zero-order valence-electron chi connectivity index (χ0n) is 14.5. The van der Waals surface area contributed by atoms with E-state index in [4.69, 9.17) is 4.42 Å². The summed E-state index contributed by atoms with van der Waals surface area (Å²) in [6.45, 7) is 6.39. The van der Waals surface area contributed by atoms with Gasteiger partial charge in [0.2, 0.25) is 0 Å². The second kappa shape index (κ2) is 6.93. The minimum Gasteiger partial charge on any atom is -0.467 e. The van der Waals surface area contributed by atoms with E-state index in [9.17, 15) is 9.59 Å². The molecular formula is C19H21N3O3. The van der Waals surface area contributed by atoms with Crippen LogP contribution in [0.5, 0.6) is 0 Å². The molecule has 6 nitrogen and oxygen atoms in total.